The standard InChI is InChI=1S/C94H84BN3/c1-9-11-31-63-45-49-82-86(53-63)97(91-76(67-37-23-15-24-38-67)56-71(65-33-19-13-20-34-65)57-77(91)68-39-25-16-26-40-68)88-54-64(32-12-10-2)55-89-90(88)95(82)83-50-48-75(96-84-51-46-73(93(3,4)5)60-80(84)81-61-74(94(6,7)8)47-52-85(81)96)62-87(83)98(89)92-78(69-41-27-17-28-42-69)58-72(66-35-21-14-22-36-66)59-79(92)70-43-29-18-30-44-70/h13-30,33-62H,9-12,31-32H2,1-8H3. The van der Waals surface area contributed by atoms with Gasteiger partial charge in [-0.1, -0.05) is 281 Å². The minimum absolute atomic E-state index is 0.0394. The van der Waals surface area contributed by atoms with Gasteiger partial charge in [-0.3, -0.25) is 0 Å². The molecule has 0 atom stereocenters. The Kier molecular flexibility index (Phi) is 16.1. The summed E-state index contributed by atoms with van der Waals surface area (Å²) in [4.78, 5) is 5.50. The lowest BCUT2D eigenvalue weighted by Crippen LogP contribution is -2.61. The normalized spacial score (nSPS) is 12.7. The van der Waals surface area contributed by atoms with Crippen LogP contribution < -0.4 is 26.2 Å². The third-order valence-electron chi connectivity index (χ3n) is 20.8. The third kappa shape index (κ3) is 11.1. The fourth-order valence-corrected chi connectivity index (χ4v) is 15.7. The second-order valence-electron chi connectivity index (χ2n) is 29.3. The summed E-state index contributed by atoms with van der Waals surface area (Å²) in [5.74, 6) is 0. The Bertz CT molecular complexity index is 5100. The number of rotatable bonds is 15. The molecule has 0 spiro atoms. The van der Waals surface area contributed by atoms with E-state index < -0.39 is 0 Å². The number of aromatic nitrogens is 1. The first kappa shape index (κ1) is 62.2. The topological polar surface area (TPSA) is 11.4 Å². The van der Waals surface area contributed by atoms with Crippen LogP contribution in [0.4, 0.5) is 34.1 Å². The summed E-state index contributed by atoms with van der Waals surface area (Å²) < 4.78 is 2.57. The lowest BCUT2D eigenvalue weighted by molar-refractivity contribution is 0.590. The van der Waals surface area contributed by atoms with Crippen LogP contribution in [0, 0.1) is 0 Å². The van der Waals surface area contributed by atoms with E-state index in [4.69, 9.17) is 0 Å². The molecule has 2 aliphatic heterocycles. The molecular formula is C94H84BN3. The SMILES string of the molecule is CCCCc1ccc2c(c1)N(c1c(-c3ccccc3)cc(-c3ccccc3)cc1-c1ccccc1)c1cc(CCCC)cc3c1B2c1ccc(-n2c4ccc(C(C)(C)C)cc4c4cc(C(C)(C)C)ccc42)cc1N3c1c(-c2ccccc2)cc(-c2ccccc2)cc1-c1ccccc1. The van der Waals surface area contributed by atoms with Crippen molar-refractivity contribution in [3.8, 4) is 72.4 Å². The molecule has 0 saturated heterocycles. The molecule has 2 aliphatic rings. The first-order valence-electron chi connectivity index (χ1n) is 35.6. The zero-order valence-electron chi connectivity index (χ0n) is 57.9. The van der Waals surface area contributed by atoms with Crippen LogP contribution in [0.2, 0.25) is 0 Å². The van der Waals surface area contributed by atoms with Crippen LogP contribution in [0.15, 0.2) is 291 Å². The second-order valence-corrected chi connectivity index (χ2v) is 29.3. The number of hydrogen-bond acceptors (Lipinski definition) is 2. The van der Waals surface area contributed by atoms with Crippen molar-refractivity contribution in [2.24, 2.45) is 0 Å². The van der Waals surface area contributed by atoms with Gasteiger partial charge >= 0.3 is 0 Å². The maximum absolute atomic E-state index is 2.75. The molecule has 0 amide bonds. The Morgan fingerprint density at radius 1 is 0.306 bits per heavy atom. The van der Waals surface area contributed by atoms with Gasteiger partial charge in [0.25, 0.3) is 6.71 Å². The van der Waals surface area contributed by atoms with Crippen molar-refractivity contribution in [1.29, 1.82) is 0 Å². The van der Waals surface area contributed by atoms with E-state index in [-0.39, 0.29) is 17.5 Å². The molecule has 0 N–H and O–H groups in total. The van der Waals surface area contributed by atoms with Crippen molar-refractivity contribution in [1.82, 2.24) is 4.57 Å². The Morgan fingerprint density at radius 3 is 1.03 bits per heavy atom. The smallest absolute Gasteiger partial charge is 0.252 e. The average molecular weight is 1270 g/mol. The predicted octanol–water partition coefficient (Wildman–Crippen LogP) is 24.1. The molecule has 16 rings (SSSR count). The fraction of sp³-hybridized carbons (Fsp3) is 0.170. The number of benzene rings is 13. The van der Waals surface area contributed by atoms with Crippen molar-refractivity contribution < 1.29 is 0 Å². The zero-order chi connectivity index (χ0) is 66.8. The van der Waals surface area contributed by atoms with E-state index >= 15 is 0 Å². The van der Waals surface area contributed by atoms with Crippen molar-refractivity contribution in [2.45, 2.75) is 105 Å². The van der Waals surface area contributed by atoms with Crippen LogP contribution in [0.5, 0.6) is 0 Å². The number of fused-ring (bicyclic) bond motifs is 7. The van der Waals surface area contributed by atoms with Gasteiger partial charge in [0, 0.05) is 61.5 Å². The van der Waals surface area contributed by atoms with Crippen LogP contribution in [-0.4, -0.2) is 11.3 Å². The van der Waals surface area contributed by atoms with Gasteiger partial charge in [-0.25, -0.2) is 0 Å². The van der Waals surface area contributed by atoms with Gasteiger partial charge in [0.15, 0.2) is 0 Å². The van der Waals surface area contributed by atoms with Crippen molar-refractivity contribution >= 4 is 79.0 Å². The third-order valence-corrected chi connectivity index (χ3v) is 20.8. The Labute approximate surface area is 580 Å². The van der Waals surface area contributed by atoms with Gasteiger partial charge in [0.1, 0.15) is 0 Å². The molecule has 0 bridgehead atoms. The van der Waals surface area contributed by atoms with E-state index in [0.29, 0.717) is 0 Å². The first-order chi connectivity index (χ1) is 47.8. The highest BCUT2D eigenvalue weighted by molar-refractivity contribution is 7.00. The van der Waals surface area contributed by atoms with E-state index in [9.17, 15) is 0 Å². The van der Waals surface area contributed by atoms with Crippen molar-refractivity contribution in [3.63, 3.8) is 0 Å². The number of unbranched alkanes of at least 4 members (excludes halogenated alkanes) is 2. The summed E-state index contributed by atoms with van der Waals surface area (Å²) in [6.07, 6.45) is 6.25. The maximum Gasteiger partial charge on any atom is 0.252 e. The van der Waals surface area contributed by atoms with Gasteiger partial charge in [0.05, 0.1) is 22.4 Å². The molecule has 0 saturated carbocycles. The first-order valence-corrected chi connectivity index (χ1v) is 35.6. The lowest BCUT2D eigenvalue weighted by atomic mass is 9.33. The summed E-state index contributed by atoms with van der Waals surface area (Å²) in [5.41, 5.74) is 33.9. The molecular weight excluding hydrogens is 1180 g/mol. The fourth-order valence-electron chi connectivity index (χ4n) is 15.7. The van der Waals surface area contributed by atoms with Crippen molar-refractivity contribution in [3.05, 3.63) is 313 Å². The molecule has 3 nitrogen and oxygen atoms in total. The van der Waals surface area contributed by atoms with E-state index in [2.05, 4.69) is 361 Å². The van der Waals surface area contributed by atoms with Crippen LogP contribution in [0.1, 0.15) is 103 Å². The van der Waals surface area contributed by atoms with E-state index in [0.717, 1.165) is 72.2 Å². The van der Waals surface area contributed by atoms with Crippen LogP contribution in [0.25, 0.3) is 94.3 Å². The van der Waals surface area contributed by atoms with Gasteiger partial charge < -0.3 is 14.4 Å². The monoisotopic (exact) mass is 1270 g/mol. The Balaban J connectivity index is 1.08. The summed E-state index contributed by atoms with van der Waals surface area (Å²) in [7, 11) is 0. The van der Waals surface area contributed by atoms with E-state index in [1.165, 1.54) is 133 Å². The average Bonchev–Trinajstić information content (AvgIpc) is 0.892. The minimum atomic E-state index is -0.151. The Morgan fingerprint density at radius 2 is 0.653 bits per heavy atom. The lowest BCUT2D eigenvalue weighted by Gasteiger charge is -2.46. The van der Waals surface area contributed by atoms with E-state index in [1.807, 2.05) is 0 Å². The highest BCUT2D eigenvalue weighted by atomic mass is 15.2. The molecule has 0 fully saturated rings. The quantitative estimate of drug-likeness (QED) is 0.0948. The summed E-state index contributed by atoms with van der Waals surface area (Å²) in [5, 5.41) is 2.55. The van der Waals surface area contributed by atoms with Gasteiger partial charge in [-0.2, -0.15) is 0 Å². The van der Waals surface area contributed by atoms with Gasteiger partial charge in [-0.05, 0) is 199 Å². The van der Waals surface area contributed by atoms with Gasteiger partial charge in [-0.15, -0.1) is 0 Å². The predicted molar refractivity (Wildman–Crippen MR) is 422 cm³/mol. The molecule has 3 heterocycles. The molecule has 0 radical (unpaired) electrons. The number of nitrogens with zero attached hydrogens (tertiary/aromatic N) is 3. The van der Waals surface area contributed by atoms with Gasteiger partial charge in [0.2, 0.25) is 0 Å². The zero-order valence-corrected chi connectivity index (χ0v) is 57.9. The molecule has 0 aliphatic carbocycles. The number of aryl methyl sites for hydroxylation is 2. The molecule has 0 unspecified atom stereocenters. The van der Waals surface area contributed by atoms with Crippen molar-refractivity contribution in [2.75, 3.05) is 9.80 Å². The molecule has 1 aromatic heterocycles. The molecule has 14 aromatic rings. The maximum atomic E-state index is 2.75. The summed E-state index contributed by atoms with van der Waals surface area (Å²) in [6, 6.07) is 112. The summed E-state index contributed by atoms with van der Waals surface area (Å²) in [6.45, 7) is 18.5. The van der Waals surface area contributed by atoms with Crippen LogP contribution in [-0.2, 0) is 23.7 Å². The highest BCUT2D eigenvalue weighted by Crippen LogP contribution is 2.55. The molecule has 478 valence electrons. The Hall–Kier alpha value is -10.7. The number of hydrogen-bond donors (Lipinski definition) is 0. The van der Waals surface area contributed by atoms with Crippen LogP contribution >= 0.6 is 0 Å². The second kappa shape index (κ2) is 25.4. The van der Waals surface area contributed by atoms with E-state index in [1.54, 1.807) is 0 Å². The highest BCUT2D eigenvalue weighted by Gasteiger charge is 2.46. The van der Waals surface area contributed by atoms with Crippen LogP contribution in [0.3, 0.4) is 0 Å². The summed E-state index contributed by atoms with van der Waals surface area (Å²) >= 11 is 0. The number of anilines is 6. The molecule has 98 heavy (non-hydrogen) atoms. The molecule has 4 heteroatoms. The minimum Gasteiger partial charge on any atom is -0.310 e. The molecule has 13 aromatic carbocycles. The largest absolute Gasteiger partial charge is 0.310 e.